The zero-order valence-corrected chi connectivity index (χ0v) is 10.4. The van der Waals surface area contributed by atoms with Crippen LogP contribution in [0.25, 0.3) is 0 Å². The third-order valence-corrected chi connectivity index (χ3v) is 3.55. The van der Waals surface area contributed by atoms with E-state index in [1.807, 2.05) is 0 Å². The summed E-state index contributed by atoms with van der Waals surface area (Å²) in [5, 5.41) is 14.6. The Kier molecular flexibility index (Phi) is 4.16. The fourth-order valence-electron chi connectivity index (χ4n) is 1.59. The van der Waals surface area contributed by atoms with Gasteiger partial charge in [-0.3, -0.25) is 9.78 Å². The number of rotatable bonds is 3. The summed E-state index contributed by atoms with van der Waals surface area (Å²) < 4.78 is 0. The van der Waals surface area contributed by atoms with Crippen molar-refractivity contribution in [1.82, 2.24) is 10.3 Å². The van der Waals surface area contributed by atoms with Gasteiger partial charge in [-0.2, -0.15) is 11.8 Å². The Bertz CT molecular complexity index is 461. The van der Waals surface area contributed by atoms with Gasteiger partial charge in [-0.05, 0) is 6.07 Å². The zero-order chi connectivity index (χ0) is 13.0. The fourth-order valence-corrected chi connectivity index (χ4v) is 2.52. The summed E-state index contributed by atoms with van der Waals surface area (Å²) in [6.45, 7) is 0.802. The highest BCUT2D eigenvalue weighted by atomic mass is 32.2. The Morgan fingerprint density at radius 3 is 3.00 bits per heavy atom. The standard InChI is InChI=1S/C11H13N3O3S/c15-10(9-6-18-2-1-13-9)14-8-3-7(11(16)17)4-12-5-8/h3-5,9,13H,1-2,6H2,(H,14,15)(H,16,17). The van der Waals surface area contributed by atoms with Crippen LogP contribution in [0.15, 0.2) is 18.5 Å². The number of aromatic carboxylic acids is 1. The number of hydrogen-bond donors (Lipinski definition) is 3. The van der Waals surface area contributed by atoms with Gasteiger partial charge in [-0.15, -0.1) is 0 Å². The molecule has 0 saturated carbocycles. The number of nitrogens with one attached hydrogen (secondary N) is 2. The maximum atomic E-state index is 11.9. The van der Waals surface area contributed by atoms with E-state index < -0.39 is 5.97 Å². The predicted molar refractivity (Wildman–Crippen MR) is 68.9 cm³/mol. The van der Waals surface area contributed by atoms with Crippen molar-refractivity contribution in [3.8, 4) is 0 Å². The van der Waals surface area contributed by atoms with Crippen LogP contribution in [-0.4, -0.2) is 46.1 Å². The number of thioether (sulfide) groups is 1. The van der Waals surface area contributed by atoms with Crippen LogP contribution in [0.1, 0.15) is 10.4 Å². The van der Waals surface area contributed by atoms with E-state index in [1.54, 1.807) is 11.8 Å². The number of nitrogens with zero attached hydrogens (tertiary/aromatic N) is 1. The van der Waals surface area contributed by atoms with Crippen LogP contribution in [0.4, 0.5) is 5.69 Å². The number of pyridine rings is 1. The van der Waals surface area contributed by atoms with Gasteiger partial charge in [0.15, 0.2) is 0 Å². The third kappa shape index (κ3) is 3.21. The molecule has 2 rings (SSSR count). The molecule has 0 bridgehead atoms. The molecule has 3 N–H and O–H groups in total. The summed E-state index contributed by atoms with van der Waals surface area (Å²) in [7, 11) is 0. The number of carbonyl (C=O) groups is 2. The van der Waals surface area contributed by atoms with E-state index in [2.05, 4.69) is 15.6 Å². The fraction of sp³-hybridized carbons (Fsp3) is 0.364. The van der Waals surface area contributed by atoms with E-state index in [0.29, 0.717) is 5.69 Å². The maximum Gasteiger partial charge on any atom is 0.337 e. The molecule has 0 aromatic carbocycles. The second-order valence-corrected chi connectivity index (χ2v) is 4.99. The monoisotopic (exact) mass is 267 g/mol. The zero-order valence-electron chi connectivity index (χ0n) is 9.55. The molecule has 18 heavy (non-hydrogen) atoms. The van der Waals surface area contributed by atoms with Gasteiger partial charge in [0, 0.05) is 24.2 Å². The number of aromatic nitrogens is 1. The predicted octanol–water partition coefficient (Wildman–Crippen LogP) is 0.423. The quantitative estimate of drug-likeness (QED) is 0.735. The van der Waals surface area contributed by atoms with Crippen LogP contribution in [0.3, 0.4) is 0 Å². The molecule has 1 aromatic heterocycles. The molecule has 0 aliphatic carbocycles. The number of anilines is 1. The van der Waals surface area contributed by atoms with Crippen LogP contribution < -0.4 is 10.6 Å². The second kappa shape index (κ2) is 5.83. The highest BCUT2D eigenvalue weighted by Crippen LogP contribution is 2.12. The van der Waals surface area contributed by atoms with Crippen molar-refractivity contribution < 1.29 is 14.7 Å². The topological polar surface area (TPSA) is 91.3 Å². The Labute approximate surface area is 108 Å². The second-order valence-electron chi connectivity index (χ2n) is 3.84. The number of carboxylic acid groups (broad SMARTS) is 1. The Morgan fingerprint density at radius 1 is 1.50 bits per heavy atom. The lowest BCUT2D eigenvalue weighted by Gasteiger charge is -2.22. The van der Waals surface area contributed by atoms with Gasteiger partial charge in [-0.25, -0.2) is 4.79 Å². The Morgan fingerprint density at radius 2 is 2.33 bits per heavy atom. The van der Waals surface area contributed by atoms with Crippen molar-refractivity contribution in [3.05, 3.63) is 24.0 Å². The largest absolute Gasteiger partial charge is 0.478 e. The molecule has 1 saturated heterocycles. The van der Waals surface area contributed by atoms with E-state index in [-0.39, 0.29) is 17.5 Å². The SMILES string of the molecule is O=C(O)c1cncc(NC(=O)C2CSCCN2)c1. The highest BCUT2D eigenvalue weighted by molar-refractivity contribution is 7.99. The van der Waals surface area contributed by atoms with Crippen molar-refractivity contribution in [2.24, 2.45) is 0 Å². The van der Waals surface area contributed by atoms with Crippen LogP contribution in [0, 0.1) is 0 Å². The first kappa shape index (κ1) is 12.8. The van der Waals surface area contributed by atoms with E-state index >= 15 is 0 Å². The molecular formula is C11H13N3O3S. The highest BCUT2D eigenvalue weighted by Gasteiger charge is 2.21. The molecule has 1 amide bonds. The van der Waals surface area contributed by atoms with E-state index in [0.717, 1.165) is 18.1 Å². The minimum atomic E-state index is -1.06. The molecule has 1 atom stereocenters. The van der Waals surface area contributed by atoms with Crippen LogP contribution >= 0.6 is 11.8 Å². The average Bonchev–Trinajstić information content (AvgIpc) is 2.40. The minimum Gasteiger partial charge on any atom is -0.478 e. The lowest BCUT2D eigenvalue weighted by molar-refractivity contribution is -0.117. The summed E-state index contributed by atoms with van der Waals surface area (Å²) in [4.78, 5) is 26.4. The van der Waals surface area contributed by atoms with E-state index in [1.165, 1.54) is 18.5 Å². The summed E-state index contributed by atoms with van der Waals surface area (Å²) in [6, 6.07) is 1.15. The molecule has 6 nitrogen and oxygen atoms in total. The van der Waals surface area contributed by atoms with E-state index in [4.69, 9.17) is 5.11 Å². The van der Waals surface area contributed by atoms with Crippen molar-refractivity contribution >= 4 is 29.3 Å². The molecule has 7 heteroatoms. The average molecular weight is 267 g/mol. The molecular weight excluding hydrogens is 254 g/mol. The number of carbonyl (C=O) groups excluding carboxylic acids is 1. The molecule has 1 aliphatic rings. The molecule has 0 radical (unpaired) electrons. The molecule has 1 aliphatic heterocycles. The van der Waals surface area contributed by atoms with Gasteiger partial charge in [0.1, 0.15) is 0 Å². The Hall–Kier alpha value is -1.60. The molecule has 2 heterocycles. The van der Waals surface area contributed by atoms with Gasteiger partial charge in [0.25, 0.3) is 0 Å². The van der Waals surface area contributed by atoms with Crippen LogP contribution in [-0.2, 0) is 4.79 Å². The Balaban J connectivity index is 2.02. The lowest BCUT2D eigenvalue weighted by Crippen LogP contribution is -2.46. The first-order valence-electron chi connectivity index (χ1n) is 5.47. The molecule has 96 valence electrons. The first-order chi connectivity index (χ1) is 8.66. The van der Waals surface area contributed by atoms with Gasteiger partial charge in [-0.1, -0.05) is 0 Å². The lowest BCUT2D eigenvalue weighted by atomic mass is 10.2. The third-order valence-electron chi connectivity index (χ3n) is 2.49. The smallest absolute Gasteiger partial charge is 0.337 e. The summed E-state index contributed by atoms with van der Waals surface area (Å²) in [6.07, 6.45) is 2.67. The van der Waals surface area contributed by atoms with Crippen molar-refractivity contribution in [1.29, 1.82) is 0 Å². The number of hydrogen-bond acceptors (Lipinski definition) is 5. The van der Waals surface area contributed by atoms with Crippen LogP contribution in [0.2, 0.25) is 0 Å². The number of amides is 1. The number of carboxylic acids is 1. The maximum absolute atomic E-state index is 11.9. The normalized spacial score (nSPS) is 19.2. The van der Waals surface area contributed by atoms with Crippen LogP contribution in [0.5, 0.6) is 0 Å². The van der Waals surface area contributed by atoms with Gasteiger partial charge < -0.3 is 15.7 Å². The van der Waals surface area contributed by atoms with Crippen molar-refractivity contribution in [2.45, 2.75) is 6.04 Å². The summed E-state index contributed by atoms with van der Waals surface area (Å²) in [5.74, 6) is 0.494. The van der Waals surface area contributed by atoms with Gasteiger partial charge in [0.2, 0.25) is 5.91 Å². The summed E-state index contributed by atoms with van der Waals surface area (Å²) in [5.41, 5.74) is 0.455. The van der Waals surface area contributed by atoms with Crippen molar-refractivity contribution in [2.75, 3.05) is 23.4 Å². The van der Waals surface area contributed by atoms with Crippen molar-refractivity contribution in [3.63, 3.8) is 0 Å². The van der Waals surface area contributed by atoms with Gasteiger partial charge in [0.05, 0.1) is 23.5 Å². The molecule has 1 unspecified atom stereocenters. The summed E-state index contributed by atoms with van der Waals surface area (Å²) >= 11 is 1.72. The first-order valence-corrected chi connectivity index (χ1v) is 6.62. The molecule has 0 spiro atoms. The minimum absolute atomic E-state index is 0.0544. The molecule has 1 fully saturated rings. The van der Waals surface area contributed by atoms with Gasteiger partial charge >= 0.3 is 5.97 Å². The molecule has 1 aromatic rings. The van der Waals surface area contributed by atoms with E-state index in [9.17, 15) is 9.59 Å².